The molecule has 0 fully saturated rings. The molecule has 0 saturated carbocycles. The SMILES string of the molecule is CC1=C(C)N(C)[CH-]N1C.Cc1c(C)c(C)[c-](C)c1C.[CH3-].[Fe+3]. The quantitative estimate of drug-likeness (QED) is 0.505. The molecule has 0 N–H and O–H groups in total. The topological polar surface area (TPSA) is 6.48 Å². The fourth-order valence-corrected chi connectivity index (χ4v) is 2.35. The Kier molecular flexibility index (Phi) is 9.21. The van der Waals surface area contributed by atoms with Crippen molar-refractivity contribution in [2.75, 3.05) is 14.1 Å². The minimum absolute atomic E-state index is 0. The van der Waals surface area contributed by atoms with Crippen molar-refractivity contribution < 1.29 is 17.1 Å². The third-order valence-corrected chi connectivity index (χ3v) is 4.74. The first-order valence-electron chi connectivity index (χ1n) is 6.86. The molecule has 0 atom stereocenters. The van der Waals surface area contributed by atoms with Crippen LogP contribution in [0.15, 0.2) is 11.4 Å². The molecule has 0 saturated heterocycles. The summed E-state index contributed by atoms with van der Waals surface area (Å²) in [6.45, 7) is 17.3. The number of rotatable bonds is 0. The van der Waals surface area contributed by atoms with Gasteiger partial charge in [-0.2, -0.15) is 34.5 Å². The molecule has 1 aliphatic rings. The van der Waals surface area contributed by atoms with E-state index in [1.54, 1.807) is 0 Å². The molecule has 0 aromatic heterocycles. The normalized spacial score (nSPS) is 13.6. The molecule has 1 aromatic carbocycles. The molecule has 1 aliphatic heterocycles. The van der Waals surface area contributed by atoms with E-state index >= 15 is 0 Å². The molecule has 0 aliphatic carbocycles. The van der Waals surface area contributed by atoms with Gasteiger partial charge in [-0.25, -0.2) is 0 Å². The van der Waals surface area contributed by atoms with E-state index < -0.39 is 0 Å². The zero-order valence-corrected chi connectivity index (χ0v) is 16.4. The number of nitrogens with zero attached hydrogens (tertiary/aromatic N) is 2. The Hall–Kier alpha value is -0.791. The van der Waals surface area contributed by atoms with Gasteiger partial charge in [0.2, 0.25) is 0 Å². The van der Waals surface area contributed by atoms with Gasteiger partial charge >= 0.3 is 17.1 Å². The summed E-state index contributed by atoms with van der Waals surface area (Å²) < 4.78 is 0. The van der Waals surface area contributed by atoms with Gasteiger partial charge < -0.3 is 17.2 Å². The van der Waals surface area contributed by atoms with Crippen molar-refractivity contribution in [2.24, 2.45) is 0 Å². The predicted molar refractivity (Wildman–Crippen MR) is 90.3 cm³/mol. The molecule has 2 nitrogen and oxygen atoms in total. The van der Waals surface area contributed by atoms with Crippen LogP contribution in [0.25, 0.3) is 0 Å². The monoisotopic (exact) mass is 331 g/mol. The maximum atomic E-state index is 2.20. The second-order valence-corrected chi connectivity index (χ2v) is 5.63. The summed E-state index contributed by atoms with van der Waals surface area (Å²) in [6, 6.07) is 0. The van der Waals surface area contributed by atoms with E-state index in [1.807, 2.05) is 0 Å². The molecule has 2 rings (SSSR count). The third kappa shape index (κ3) is 4.59. The van der Waals surface area contributed by atoms with Crippen molar-refractivity contribution in [3.8, 4) is 0 Å². The first-order chi connectivity index (χ1) is 8.68. The van der Waals surface area contributed by atoms with Crippen LogP contribution in [-0.4, -0.2) is 23.9 Å². The van der Waals surface area contributed by atoms with E-state index in [9.17, 15) is 0 Å². The third-order valence-electron chi connectivity index (χ3n) is 4.74. The van der Waals surface area contributed by atoms with Gasteiger partial charge in [-0.1, -0.05) is 34.6 Å². The minimum atomic E-state index is 0. The van der Waals surface area contributed by atoms with E-state index in [-0.39, 0.29) is 24.5 Å². The Morgan fingerprint density at radius 1 is 0.762 bits per heavy atom. The van der Waals surface area contributed by atoms with Crippen molar-refractivity contribution in [2.45, 2.75) is 48.5 Å². The molecule has 0 bridgehead atoms. The maximum absolute atomic E-state index is 2.20. The van der Waals surface area contributed by atoms with E-state index in [4.69, 9.17) is 0 Å². The standard InChI is InChI=1S/C10H15.C7H13N2.CH3.Fe/c1-6-7(2)9(4)10(5)8(6)3;1-6-7(2)9(4)5-8(6)3;;/h1-5H3;5H,1-4H3;1H3;/q3*-1;+3. The Bertz CT molecular complexity index is 402. The molecule has 0 unspecified atom stereocenters. The molecule has 21 heavy (non-hydrogen) atoms. The molecular weight excluding hydrogens is 300 g/mol. The smallest absolute Gasteiger partial charge is 0.508 e. The van der Waals surface area contributed by atoms with Crippen molar-refractivity contribution in [3.63, 3.8) is 0 Å². The fourth-order valence-electron chi connectivity index (χ4n) is 2.35. The number of hydrogen-bond donors (Lipinski definition) is 0. The van der Waals surface area contributed by atoms with Crippen LogP contribution in [0, 0.1) is 48.7 Å². The van der Waals surface area contributed by atoms with Crippen LogP contribution in [0.4, 0.5) is 0 Å². The molecule has 0 spiro atoms. The van der Waals surface area contributed by atoms with E-state index in [2.05, 4.69) is 79.0 Å². The summed E-state index contributed by atoms with van der Waals surface area (Å²) in [5.74, 6) is 0. The van der Waals surface area contributed by atoms with Crippen LogP contribution in [-0.2, 0) is 17.1 Å². The van der Waals surface area contributed by atoms with Gasteiger partial charge in [0.05, 0.1) is 0 Å². The first-order valence-corrected chi connectivity index (χ1v) is 6.86. The molecule has 1 heterocycles. The summed E-state index contributed by atoms with van der Waals surface area (Å²) in [7, 11) is 4.12. The summed E-state index contributed by atoms with van der Waals surface area (Å²) in [4.78, 5) is 4.24. The van der Waals surface area contributed by atoms with Crippen molar-refractivity contribution in [3.05, 3.63) is 53.3 Å². The van der Waals surface area contributed by atoms with Crippen molar-refractivity contribution in [1.82, 2.24) is 9.80 Å². The number of hydrogen-bond acceptors (Lipinski definition) is 2. The minimum Gasteiger partial charge on any atom is -0.508 e. The summed E-state index contributed by atoms with van der Waals surface area (Å²) >= 11 is 0. The number of allylic oxidation sites excluding steroid dienone is 2. The zero-order valence-electron chi connectivity index (χ0n) is 15.3. The first kappa shape index (κ1) is 22.5. The Morgan fingerprint density at radius 2 is 1.05 bits per heavy atom. The van der Waals surface area contributed by atoms with Gasteiger partial charge in [-0.15, -0.1) is 0 Å². The van der Waals surface area contributed by atoms with Crippen LogP contribution in [0.2, 0.25) is 0 Å². The Morgan fingerprint density at radius 3 is 1.14 bits per heavy atom. The van der Waals surface area contributed by atoms with E-state index in [0.29, 0.717) is 0 Å². The Labute approximate surface area is 143 Å². The molecule has 1 radical (unpaired) electrons. The van der Waals surface area contributed by atoms with Crippen LogP contribution in [0.3, 0.4) is 0 Å². The second-order valence-electron chi connectivity index (χ2n) is 5.63. The van der Waals surface area contributed by atoms with Gasteiger partial charge in [0, 0.05) is 0 Å². The van der Waals surface area contributed by atoms with Gasteiger partial charge in [0.25, 0.3) is 0 Å². The summed E-state index contributed by atoms with van der Waals surface area (Å²) in [6.07, 6.45) is 0. The Balaban J connectivity index is 0. The second kappa shape index (κ2) is 8.60. The van der Waals surface area contributed by atoms with Crippen LogP contribution >= 0.6 is 0 Å². The van der Waals surface area contributed by atoms with Gasteiger partial charge in [-0.3, -0.25) is 0 Å². The molecule has 3 heteroatoms. The predicted octanol–water partition coefficient (Wildman–Crippen LogP) is 4.63. The maximum Gasteiger partial charge on any atom is 3.00 e. The molecule has 121 valence electrons. The molecule has 1 aromatic rings. The average molecular weight is 331 g/mol. The van der Waals surface area contributed by atoms with Gasteiger partial charge in [0.15, 0.2) is 0 Å². The van der Waals surface area contributed by atoms with Crippen molar-refractivity contribution in [1.29, 1.82) is 0 Å². The van der Waals surface area contributed by atoms with E-state index in [1.165, 1.54) is 39.2 Å². The van der Waals surface area contributed by atoms with Crippen molar-refractivity contribution >= 4 is 0 Å². The van der Waals surface area contributed by atoms with Gasteiger partial charge in [0.1, 0.15) is 0 Å². The van der Waals surface area contributed by atoms with E-state index in [0.717, 1.165) is 0 Å². The van der Waals surface area contributed by atoms with Crippen LogP contribution in [0.1, 0.15) is 41.7 Å². The fraction of sp³-hybridized carbons (Fsp3) is 0.500. The molecule has 0 amide bonds. The summed E-state index contributed by atoms with van der Waals surface area (Å²) in [5, 5.41) is 0. The zero-order chi connectivity index (χ0) is 14.9. The summed E-state index contributed by atoms with van der Waals surface area (Å²) in [5.41, 5.74) is 10.0. The molecular formula is C18H31FeN2. The van der Waals surface area contributed by atoms with Crippen LogP contribution in [0.5, 0.6) is 0 Å². The largest absolute Gasteiger partial charge is 3.00 e. The van der Waals surface area contributed by atoms with Crippen LogP contribution < -0.4 is 0 Å². The van der Waals surface area contributed by atoms with Gasteiger partial charge in [-0.05, 0) is 39.3 Å². The average Bonchev–Trinajstić information content (AvgIpc) is 2.69.